The van der Waals surface area contributed by atoms with Crippen molar-refractivity contribution in [2.24, 2.45) is 5.92 Å². The zero-order valence-corrected chi connectivity index (χ0v) is 17.5. The fourth-order valence-corrected chi connectivity index (χ4v) is 5.34. The molecule has 0 bridgehead atoms. The molecular weight excluding hydrogens is 395 g/mol. The third-order valence-corrected chi connectivity index (χ3v) is 7.10. The Hall–Kier alpha value is -2.89. The van der Waals surface area contributed by atoms with Gasteiger partial charge < -0.3 is 15.0 Å². The third kappa shape index (κ3) is 3.80. The van der Waals surface area contributed by atoms with Crippen LogP contribution in [0.15, 0.2) is 48.5 Å². The number of nitrogens with one attached hydrogen (secondary N) is 1. The predicted octanol–water partition coefficient (Wildman–Crippen LogP) is 4.17. The Kier molecular flexibility index (Phi) is 5.16. The second-order valence-corrected chi connectivity index (χ2v) is 8.95. The molecular formula is C25H27FN2O3. The number of piperidine rings is 1. The van der Waals surface area contributed by atoms with Gasteiger partial charge in [-0.25, -0.2) is 9.18 Å². The lowest BCUT2D eigenvalue weighted by atomic mass is 9.74. The molecule has 162 valence electrons. The Morgan fingerprint density at radius 2 is 1.77 bits per heavy atom. The van der Waals surface area contributed by atoms with Gasteiger partial charge in [-0.3, -0.25) is 4.79 Å². The maximum absolute atomic E-state index is 13.5. The summed E-state index contributed by atoms with van der Waals surface area (Å²) in [5, 5.41) is 3.23. The molecule has 2 aromatic carbocycles. The van der Waals surface area contributed by atoms with Gasteiger partial charge in [0.05, 0.1) is 5.56 Å². The van der Waals surface area contributed by atoms with Gasteiger partial charge in [-0.15, -0.1) is 0 Å². The van der Waals surface area contributed by atoms with Crippen molar-refractivity contribution in [3.63, 3.8) is 0 Å². The van der Waals surface area contributed by atoms with Crippen molar-refractivity contribution in [1.29, 1.82) is 0 Å². The average molecular weight is 423 g/mol. The number of carbonyl (C=O) groups excluding carboxylic acids is 2. The number of fused-ring (bicyclic) bond motifs is 2. The number of rotatable bonds is 3. The molecule has 3 aliphatic rings. The second kappa shape index (κ2) is 7.98. The van der Waals surface area contributed by atoms with Gasteiger partial charge in [-0.05, 0) is 62.8 Å². The molecule has 2 fully saturated rings. The molecule has 31 heavy (non-hydrogen) atoms. The predicted molar refractivity (Wildman–Crippen MR) is 115 cm³/mol. The van der Waals surface area contributed by atoms with E-state index in [1.165, 1.54) is 6.07 Å². The third-order valence-electron chi connectivity index (χ3n) is 7.10. The van der Waals surface area contributed by atoms with Crippen LogP contribution in [-0.4, -0.2) is 31.0 Å². The van der Waals surface area contributed by atoms with E-state index in [-0.39, 0.29) is 29.7 Å². The van der Waals surface area contributed by atoms with Crippen molar-refractivity contribution < 1.29 is 18.7 Å². The zero-order chi connectivity index (χ0) is 21.4. The number of hydrogen-bond acceptors (Lipinski definition) is 4. The molecule has 2 aromatic rings. The highest BCUT2D eigenvalue weighted by Crippen LogP contribution is 2.48. The van der Waals surface area contributed by atoms with E-state index in [9.17, 15) is 14.0 Å². The van der Waals surface area contributed by atoms with Crippen molar-refractivity contribution >= 4 is 17.6 Å². The first-order valence-electron chi connectivity index (χ1n) is 11.2. The van der Waals surface area contributed by atoms with Crippen molar-refractivity contribution in [2.45, 2.75) is 50.2 Å². The minimum Gasteiger partial charge on any atom is -0.451 e. The van der Waals surface area contributed by atoms with Gasteiger partial charge in [-0.1, -0.05) is 24.3 Å². The summed E-state index contributed by atoms with van der Waals surface area (Å²) in [5.41, 5.74) is 1.98. The number of hydrogen-bond donors (Lipinski definition) is 1. The van der Waals surface area contributed by atoms with Gasteiger partial charge in [0.25, 0.3) is 0 Å². The van der Waals surface area contributed by atoms with Crippen LogP contribution in [0.4, 0.5) is 10.1 Å². The number of benzene rings is 2. The lowest BCUT2D eigenvalue weighted by Crippen LogP contribution is -2.47. The van der Waals surface area contributed by atoms with E-state index in [4.69, 9.17) is 4.74 Å². The molecule has 2 heterocycles. The highest BCUT2D eigenvalue weighted by atomic mass is 19.1. The van der Waals surface area contributed by atoms with E-state index in [0.29, 0.717) is 18.4 Å². The molecule has 1 spiro atoms. The molecule has 1 saturated carbocycles. The van der Waals surface area contributed by atoms with E-state index >= 15 is 0 Å². The first-order valence-corrected chi connectivity index (χ1v) is 11.2. The molecule has 5 nitrogen and oxygen atoms in total. The first-order chi connectivity index (χ1) is 15.0. The van der Waals surface area contributed by atoms with E-state index in [0.717, 1.165) is 50.0 Å². The van der Waals surface area contributed by atoms with Gasteiger partial charge in [0.15, 0.2) is 0 Å². The largest absolute Gasteiger partial charge is 0.451 e. The van der Waals surface area contributed by atoms with Gasteiger partial charge >= 0.3 is 5.97 Å². The number of halogens is 1. The van der Waals surface area contributed by atoms with E-state index in [2.05, 4.69) is 10.2 Å². The molecule has 0 aromatic heterocycles. The number of amides is 1. The molecule has 1 aliphatic carbocycles. The normalized spacial score (nSPS) is 25.9. The van der Waals surface area contributed by atoms with E-state index in [1.807, 2.05) is 30.3 Å². The molecule has 1 saturated heterocycles. The Morgan fingerprint density at radius 3 is 2.52 bits per heavy atom. The first kappa shape index (κ1) is 20.0. The summed E-state index contributed by atoms with van der Waals surface area (Å²) in [6.07, 6.45) is 4.51. The highest BCUT2D eigenvalue weighted by Gasteiger charge is 2.48. The lowest BCUT2D eigenvalue weighted by molar-refractivity contribution is -0.128. The number of anilines is 1. The molecule has 1 amide bonds. The molecule has 0 unspecified atom stereocenters. The van der Waals surface area contributed by atoms with Crippen molar-refractivity contribution in [3.05, 3.63) is 65.5 Å². The van der Waals surface area contributed by atoms with Gasteiger partial charge in [0.2, 0.25) is 5.91 Å². The summed E-state index contributed by atoms with van der Waals surface area (Å²) >= 11 is 0. The quantitative estimate of drug-likeness (QED) is 0.755. The van der Waals surface area contributed by atoms with E-state index < -0.39 is 5.60 Å². The summed E-state index contributed by atoms with van der Waals surface area (Å²) in [6.45, 7) is 1.60. The van der Waals surface area contributed by atoms with Crippen LogP contribution in [0, 0.1) is 11.7 Å². The van der Waals surface area contributed by atoms with Crippen molar-refractivity contribution in [3.8, 4) is 0 Å². The second-order valence-electron chi connectivity index (χ2n) is 8.95. The molecule has 0 atom stereocenters. The number of ether oxygens (including phenoxy) is 1. The fourth-order valence-electron chi connectivity index (χ4n) is 5.34. The fraction of sp³-hybridized carbons (Fsp3) is 0.440. The SMILES string of the molecule is O=C1OC2(CCC(C(=O)NC3CCN(c4cccc(F)c4)CC3)CC2)c2ccccc21. The van der Waals surface area contributed by atoms with Crippen LogP contribution < -0.4 is 10.2 Å². The monoisotopic (exact) mass is 422 g/mol. The summed E-state index contributed by atoms with van der Waals surface area (Å²) in [5.74, 6) is -0.405. The Labute approximate surface area is 181 Å². The van der Waals surface area contributed by atoms with Gasteiger partial charge in [0.1, 0.15) is 11.4 Å². The van der Waals surface area contributed by atoms with Crippen LogP contribution in [0.2, 0.25) is 0 Å². The van der Waals surface area contributed by atoms with Crippen LogP contribution in [0.5, 0.6) is 0 Å². The van der Waals surface area contributed by atoms with Crippen molar-refractivity contribution in [2.75, 3.05) is 18.0 Å². The smallest absolute Gasteiger partial charge is 0.339 e. The Morgan fingerprint density at radius 1 is 1.03 bits per heavy atom. The summed E-state index contributed by atoms with van der Waals surface area (Å²) in [4.78, 5) is 27.3. The lowest BCUT2D eigenvalue weighted by Gasteiger charge is -2.37. The maximum Gasteiger partial charge on any atom is 0.339 e. The van der Waals surface area contributed by atoms with Gasteiger partial charge in [-0.2, -0.15) is 0 Å². The van der Waals surface area contributed by atoms with Crippen LogP contribution in [0.1, 0.15) is 54.4 Å². The summed E-state index contributed by atoms with van der Waals surface area (Å²) in [7, 11) is 0. The van der Waals surface area contributed by atoms with Crippen LogP contribution in [0.3, 0.4) is 0 Å². The Bertz CT molecular complexity index is 992. The average Bonchev–Trinajstić information content (AvgIpc) is 3.06. The number of esters is 1. The topological polar surface area (TPSA) is 58.6 Å². The van der Waals surface area contributed by atoms with Gasteiger partial charge in [0, 0.05) is 36.3 Å². The molecule has 2 aliphatic heterocycles. The van der Waals surface area contributed by atoms with Crippen LogP contribution in [-0.2, 0) is 15.1 Å². The molecule has 0 radical (unpaired) electrons. The molecule has 6 heteroatoms. The van der Waals surface area contributed by atoms with Crippen LogP contribution >= 0.6 is 0 Å². The summed E-state index contributed by atoms with van der Waals surface area (Å²) in [6, 6.07) is 14.4. The minimum absolute atomic E-state index is 0.0432. The number of carbonyl (C=O) groups is 2. The zero-order valence-electron chi connectivity index (χ0n) is 17.5. The van der Waals surface area contributed by atoms with E-state index in [1.54, 1.807) is 12.1 Å². The molecule has 1 N–H and O–H groups in total. The number of nitrogens with zero attached hydrogens (tertiary/aromatic N) is 1. The molecule has 5 rings (SSSR count). The highest BCUT2D eigenvalue weighted by molar-refractivity contribution is 5.94. The van der Waals surface area contributed by atoms with Crippen LogP contribution in [0.25, 0.3) is 0 Å². The maximum atomic E-state index is 13.5. The Balaban J connectivity index is 1.14. The minimum atomic E-state index is -0.555. The summed E-state index contributed by atoms with van der Waals surface area (Å²) < 4.78 is 19.3. The standard InChI is InChI=1S/C25H27FN2O3/c26-18-4-3-5-20(16-18)28-14-10-19(11-15-28)27-23(29)17-8-12-25(13-9-17)22-7-2-1-6-21(22)24(30)31-25/h1-7,16-17,19H,8-15H2,(H,27,29). The van der Waals surface area contributed by atoms with Crippen molar-refractivity contribution in [1.82, 2.24) is 5.32 Å².